The van der Waals surface area contributed by atoms with E-state index in [1.807, 2.05) is 43.1 Å². The van der Waals surface area contributed by atoms with Gasteiger partial charge in [0.2, 0.25) is 0 Å². The van der Waals surface area contributed by atoms with Crippen LogP contribution in [0.3, 0.4) is 0 Å². The lowest BCUT2D eigenvalue weighted by Gasteiger charge is -2.20. The van der Waals surface area contributed by atoms with Crippen LogP contribution in [0, 0.1) is 0 Å². The van der Waals surface area contributed by atoms with Gasteiger partial charge in [-0.15, -0.1) is 0 Å². The summed E-state index contributed by atoms with van der Waals surface area (Å²) in [7, 11) is 4.02. The SMILES string of the molecule is CC(O)c1ccc(N(C)Cc2nccn2C)cc1Br. The van der Waals surface area contributed by atoms with Gasteiger partial charge < -0.3 is 14.6 Å². The summed E-state index contributed by atoms with van der Waals surface area (Å²) in [6.45, 7) is 2.50. The van der Waals surface area contributed by atoms with Crippen LogP contribution in [0.1, 0.15) is 24.4 Å². The molecule has 0 amide bonds. The first kappa shape index (κ1) is 14.1. The van der Waals surface area contributed by atoms with Crippen LogP contribution < -0.4 is 4.90 Å². The van der Waals surface area contributed by atoms with Gasteiger partial charge in [0, 0.05) is 36.6 Å². The third kappa shape index (κ3) is 3.16. The minimum atomic E-state index is -0.469. The molecule has 0 aliphatic heterocycles. The highest BCUT2D eigenvalue weighted by Crippen LogP contribution is 2.28. The maximum atomic E-state index is 9.62. The third-order valence-electron chi connectivity index (χ3n) is 3.17. The summed E-state index contributed by atoms with van der Waals surface area (Å²) in [5, 5.41) is 9.62. The van der Waals surface area contributed by atoms with Gasteiger partial charge in [0.05, 0.1) is 12.6 Å². The molecule has 5 heteroatoms. The molecule has 0 saturated heterocycles. The number of hydrogen-bond donors (Lipinski definition) is 1. The summed E-state index contributed by atoms with van der Waals surface area (Å²) in [4.78, 5) is 6.44. The number of nitrogens with zero attached hydrogens (tertiary/aromatic N) is 3. The van der Waals surface area contributed by atoms with Crippen molar-refractivity contribution in [3.63, 3.8) is 0 Å². The maximum Gasteiger partial charge on any atom is 0.127 e. The zero-order chi connectivity index (χ0) is 14.0. The van der Waals surface area contributed by atoms with Crippen LogP contribution in [0.15, 0.2) is 35.1 Å². The van der Waals surface area contributed by atoms with Crippen molar-refractivity contribution in [1.82, 2.24) is 9.55 Å². The molecular weight excluding hydrogens is 306 g/mol. The number of aliphatic hydroxyl groups is 1. The summed E-state index contributed by atoms with van der Waals surface area (Å²) in [6.07, 6.45) is 3.27. The number of aryl methyl sites for hydroxylation is 1. The van der Waals surface area contributed by atoms with Crippen molar-refractivity contribution in [2.45, 2.75) is 19.6 Å². The molecule has 0 bridgehead atoms. The van der Waals surface area contributed by atoms with E-state index in [0.29, 0.717) is 0 Å². The number of anilines is 1. The minimum absolute atomic E-state index is 0.469. The molecule has 0 aliphatic carbocycles. The van der Waals surface area contributed by atoms with Crippen LogP contribution in [0.5, 0.6) is 0 Å². The zero-order valence-corrected chi connectivity index (χ0v) is 12.9. The fraction of sp³-hybridized carbons (Fsp3) is 0.357. The summed E-state index contributed by atoms with van der Waals surface area (Å²) in [6, 6.07) is 5.97. The topological polar surface area (TPSA) is 41.3 Å². The highest BCUT2D eigenvalue weighted by molar-refractivity contribution is 9.10. The van der Waals surface area contributed by atoms with Crippen molar-refractivity contribution < 1.29 is 5.11 Å². The molecule has 0 aliphatic rings. The van der Waals surface area contributed by atoms with E-state index in [1.165, 1.54) is 0 Å². The smallest absolute Gasteiger partial charge is 0.127 e. The van der Waals surface area contributed by atoms with E-state index in [2.05, 4.69) is 25.8 Å². The number of halogens is 1. The monoisotopic (exact) mass is 323 g/mol. The van der Waals surface area contributed by atoms with Gasteiger partial charge in [-0.3, -0.25) is 0 Å². The van der Waals surface area contributed by atoms with E-state index in [-0.39, 0.29) is 0 Å². The molecule has 1 aromatic carbocycles. The van der Waals surface area contributed by atoms with Gasteiger partial charge in [0.15, 0.2) is 0 Å². The Kier molecular flexibility index (Phi) is 4.27. The average Bonchev–Trinajstić information content (AvgIpc) is 2.74. The van der Waals surface area contributed by atoms with Crippen molar-refractivity contribution >= 4 is 21.6 Å². The lowest BCUT2D eigenvalue weighted by molar-refractivity contribution is 0.198. The molecule has 1 unspecified atom stereocenters. The molecule has 0 radical (unpaired) electrons. The molecule has 1 atom stereocenters. The van der Waals surface area contributed by atoms with Crippen LogP contribution in [0.4, 0.5) is 5.69 Å². The molecule has 0 saturated carbocycles. The number of hydrogen-bond acceptors (Lipinski definition) is 3. The van der Waals surface area contributed by atoms with E-state index in [0.717, 1.165) is 28.1 Å². The number of rotatable bonds is 4. The predicted molar refractivity (Wildman–Crippen MR) is 80.1 cm³/mol. The van der Waals surface area contributed by atoms with Gasteiger partial charge in [0.1, 0.15) is 5.82 Å². The first-order valence-corrected chi connectivity index (χ1v) is 6.93. The molecule has 1 N–H and O–H groups in total. The minimum Gasteiger partial charge on any atom is -0.389 e. The fourth-order valence-corrected chi connectivity index (χ4v) is 2.64. The van der Waals surface area contributed by atoms with Gasteiger partial charge in [-0.25, -0.2) is 4.98 Å². The highest BCUT2D eigenvalue weighted by atomic mass is 79.9. The molecule has 0 spiro atoms. The predicted octanol–water partition coefficient (Wildman–Crippen LogP) is 2.87. The first-order chi connectivity index (χ1) is 8.99. The molecule has 19 heavy (non-hydrogen) atoms. The van der Waals surface area contributed by atoms with Crippen LogP contribution in [-0.4, -0.2) is 21.7 Å². The standard InChI is InChI=1S/C14H18BrN3O/c1-10(19)12-5-4-11(8-13(12)15)18(3)9-14-16-6-7-17(14)2/h4-8,10,19H,9H2,1-3H3. The Bertz CT molecular complexity index is 566. The van der Waals surface area contributed by atoms with E-state index in [1.54, 1.807) is 13.1 Å². The van der Waals surface area contributed by atoms with Crippen molar-refractivity contribution in [2.24, 2.45) is 7.05 Å². The Morgan fingerprint density at radius 2 is 2.21 bits per heavy atom. The molecule has 102 valence electrons. The third-order valence-corrected chi connectivity index (χ3v) is 3.86. The van der Waals surface area contributed by atoms with E-state index in [9.17, 15) is 5.11 Å². The summed E-state index contributed by atoms with van der Waals surface area (Å²) in [5.74, 6) is 1.01. The second-order valence-corrected chi connectivity index (χ2v) is 5.55. The normalized spacial score (nSPS) is 12.5. The highest BCUT2D eigenvalue weighted by Gasteiger charge is 2.10. The molecule has 4 nitrogen and oxygen atoms in total. The van der Waals surface area contributed by atoms with E-state index < -0.39 is 6.10 Å². The quantitative estimate of drug-likeness (QED) is 0.940. The number of aromatic nitrogens is 2. The van der Waals surface area contributed by atoms with Crippen molar-refractivity contribution in [3.8, 4) is 0 Å². The number of imidazole rings is 1. The molecule has 0 fully saturated rings. The van der Waals surface area contributed by atoms with Gasteiger partial charge in [-0.2, -0.15) is 0 Å². The van der Waals surface area contributed by atoms with Crippen LogP contribution in [0.2, 0.25) is 0 Å². The van der Waals surface area contributed by atoms with Gasteiger partial charge >= 0.3 is 0 Å². The molecule has 2 aromatic rings. The fourth-order valence-electron chi connectivity index (χ4n) is 1.94. The number of aliphatic hydroxyl groups excluding tert-OH is 1. The van der Waals surface area contributed by atoms with E-state index >= 15 is 0 Å². The number of benzene rings is 1. The van der Waals surface area contributed by atoms with E-state index in [4.69, 9.17) is 0 Å². The second-order valence-electron chi connectivity index (χ2n) is 4.69. The molecule has 1 heterocycles. The van der Waals surface area contributed by atoms with Gasteiger partial charge in [-0.1, -0.05) is 22.0 Å². The lowest BCUT2D eigenvalue weighted by atomic mass is 10.1. The van der Waals surface area contributed by atoms with Gasteiger partial charge in [0.25, 0.3) is 0 Å². The Morgan fingerprint density at radius 3 is 2.74 bits per heavy atom. The summed E-state index contributed by atoms with van der Waals surface area (Å²) in [5.41, 5.74) is 1.98. The summed E-state index contributed by atoms with van der Waals surface area (Å²) >= 11 is 3.50. The van der Waals surface area contributed by atoms with Crippen LogP contribution in [0.25, 0.3) is 0 Å². The molecular formula is C14H18BrN3O. The first-order valence-electron chi connectivity index (χ1n) is 6.14. The van der Waals surface area contributed by atoms with Crippen molar-refractivity contribution in [3.05, 3.63) is 46.5 Å². The van der Waals surface area contributed by atoms with Crippen molar-refractivity contribution in [2.75, 3.05) is 11.9 Å². The molecule has 2 rings (SSSR count). The molecule has 1 aromatic heterocycles. The van der Waals surface area contributed by atoms with Crippen LogP contribution >= 0.6 is 15.9 Å². The largest absolute Gasteiger partial charge is 0.389 e. The average molecular weight is 324 g/mol. The van der Waals surface area contributed by atoms with Crippen LogP contribution in [-0.2, 0) is 13.6 Å². The van der Waals surface area contributed by atoms with Gasteiger partial charge in [-0.05, 0) is 24.6 Å². The van der Waals surface area contributed by atoms with Crippen molar-refractivity contribution in [1.29, 1.82) is 0 Å². The summed E-state index contributed by atoms with van der Waals surface area (Å²) < 4.78 is 2.93. The second kappa shape index (κ2) is 5.75. The Hall–Kier alpha value is -1.33. The Labute approximate surface area is 121 Å². The maximum absolute atomic E-state index is 9.62. The zero-order valence-electron chi connectivity index (χ0n) is 11.3. The lowest BCUT2D eigenvalue weighted by Crippen LogP contribution is -2.19. The Balaban J connectivity index is 2.18. The Morgan fingerprint density at radius 1 is 1.47 bits per heavy atom.